The molecule has 3 rings (SSSR count). The number of hydrogen-bond donors (Lipinski definition) is 1. The Morgan fingerprint density at radius 2 is 1.84 bits per heavy atom. The molecular weight excluding hydrogens is 312 g/mol. The molecule has 4 heteroatoms. The molecule has 134 valence electrons. The van der Waals surface area contributed by atoms with E-state index in [1.165, 1.54) is 0 Å². The summed E-state index contributed by atoms with van der Waals surface area (Å²) in [6.45, 7) is 8.73. The van der Waals surface area contributed by atoms with Crippen LogP contribution < -0.4 is 4.74 Å². The van der Waals surface area contributed by atoms with Gasteiger partial charge < -0.3 is 14.7 Å². The summed E-state index contributed by atoms with van der Waals surface area (Å²) in [4.78, 5) is 4.87. The molecule has 1 N–H and O–H groups in total. The van der Waals surface area contributed by atoms with Crippen molar-refractivity contribution in [2.24, 2.45) is 0 Å². The number of aliphatic hydroxyl groups is 1. The fraction of sp³-hybridized carbons (Fsp3) is 0.429. The SMILES string of the molecule is CCN1CCN(C(CO)c2cccc(Oc3ccccc3)c2)C(C)C1. The molecule has 25 heavy (non-hydrogen) atoms. The van der Waals surface area contributed by atoms with Crippen LogP contribution in [-0.2, 0) is 0 Å². The third-order valence-electron chi connectivity index (χ3n) is 5.01. The molecule has 0 aliphatic carbocycles. The van der Waals surface area contributed by atoms with Gasteiger partial charge in [0.05, 0.1) is 12.6 Å². The Morgan fingerprint density at radius 1 is 1.08 bits per heavy atom. The molecule has 0 amide bonds. The Bertz CT molecular complexity index is 662. The molecule has 1 saturated heterocycles. The molecule has 1 fully saturated rings. The van der Waals surface area contributed by atoms with Gasteiger partial charge in [-0.25, -0.2) is 0 Å². The van der Waals surface area contributed by atoms with Gasteiger partial charge in [0.1, 0.15) is 11.5 Å². The Kier molecular flexibility index (Phi) is 6.08. The van der Waals surface area contributed by atoms with Crippen LogP contribution >= 0.6 is 0 Å². The Labute approximate surface area is 150 Å². The highest BCUT2D eigenvalue weighted by atomic mass is 16.5. The number of benzene rings is 2. The number of hydrogen-bond acceptors (Lipinski definition) is 4. The molecule has 0 bridgehead atoms. The second-order valence-corrected chi connectivity index (χ2v) is 6.67. The number of aliphatic hydroxyl groups excluding tert-OH is 1. The van der Waals surface area contributed by atoms with Crippen molar-refractivity contribution < 1.29 is 9.84 Å². The third-order valence-corrected chi connectivity index (χ3v) is 5.01. The summed E-state index contributed by atoms with van der Waals surface area (Å²) in [7, 11) is 0. The van der Waals surface area contributed by atoms with E-state index in [0.717, 1.165) is 43.2 Å². The summed E-state index contributed by atoms with van der Waals surface area (Å²) < 4.78 is 5.95. The van der Waals surface area contributed by atoms with E-state index in [-0.39, 0.29) is 12.6 Å². The van der Waals surface area contributed by atoms with Gasteiger partial charge in [-0.3, -0.25) is 4.90 Å². The lowest BCUT2D eigenvalue weighted by molar-refractivity contribution is 0.0270. The molecule has 1 heterocycles. The lowest BCUT2D eigenvalue weighted by atomic mass is 10.0. The van der Waals surface area contributed by atoms with E-state index in [4.69, 9.17) is 4.74 Å². The molecule has 1 aliphatic rings. The maximum atomic E-state index is 10.1. The molecule has 2 unspecified atom stereocenters. The molecule has 0 spiro atoms. The molecule has 4 nitrogen and oxygen atoms in total. The van der Waals surface area contributed by atoms with Gasteiger partial charge in [0.25, 0.3) is 0 Å². The quantitative estimate of drug-likeness (QED) is 0.872. The van der Waals surface area contributed by atoms with Gasteiger partial charge in [-0.1, -0.05) is 37.3 Å². The minimum Gasteiger partial charge on any atom is -0.457 e. The summed E-state index contributed by atoms with van der Waals surface area (Å²) in [5.74, 6) is 1.63. The van der Waals surface area contributed by atoms with Gasteiger partial charge in [0, 0.05) is 25.7 Å². The van der Waals surface area contributed by atoms with Crippen molar-refractivity contribution in [1.82, 2.24) is 9.80 Å². The van der Waals surface area contributed by atoms with Crippen molar-refractivity contribution >= 4 is 0 Å². The average Bonchev–Trinajstić information content (AvgIpc) is 2.65. The van der Waals surface area contributed by atoms with E-state index in [1.54, 1.807) is 0 Å². The molecular formula is C21H28N2O2. The van der Waals surface area contributed by atoms with E-state index in [1.807, 2.05) is 48.5 Å². The standard InChI is InChI=1S/C21H28N2O2/c1-3-22-12-13-23(17(2)15-22)21(16-24)18-8-7-11-20(14-18)25-19-9-5-4-6-10-19/h4-11,14,17,21,24H,3,12-13,15-16H2,1-2H3. The zero-order valence-electron chi connectivity index (χ0n) is 15.1. The van der Waals surface area contributed by atoms with Crippen LogP contribution in [0.15, 0.2) is 54.6 Å². The number of para-hydroxylation sites is 1. The number of piperazine rings is 1. The van der Waals surface area contributed by atoms with Crippen molar-refractivity contribution in [2.75, 3.05) is 32.8 Å². The molecule has 2 aromatic rings. The first-order chi connectivity index (χ1) is 12.2. The van der Waals surface area contributed by atoms with Gasteiger partial charge in [-0.05, 0) is 43.3 Å². The van der Waals surface area contributed by atoms with Gasteiger partial charge in [-0.15, -0.1) is 0 Å². The maximum Gasteiger partial charge on any atom is 0.127 e. The lowest BCUT2D eigenvalue weighted by Gasteiger charge is -2.43. The van der Waals surface area contributed by atoms with E-state index in [9.17, 15) is 5.11 Å². The van der Waals surface area contributed by atoms with E-state index < -0.39 is 0 Å². The molecule has 0 radical (unpaired) electrons. The topological polar surface area (TPSA) is 35.9 Å². The number of rotatable bonds is 6. The van der Waals surface area contributed by atoms with Crippen molar-refractivity contribution in [1.29, 1.82) is 0 Å². The molecule has 1 aliphatic heterocycles. The van der Waals surface area contributed by atoms with Crippen LogP contribution in [0.2, 0.25) is 0 Å². The predicted molar refractivity (Wildman–Crippen MR) is 101 cm³/mol. The zero-order chi connectivity index (χ0) is 17.6. The van der Waals surface area contributed by atoms with Crippen molar-refractivity contribution in [2.45, 2.75) is 25.9 Å². The van der Waals surface area contributed by atoms with Crippen molar-refractivity contribution in [3.05, 3.63) is 60.2 Å². The number of ether oxygens (including phenoxy) is 1. The normalized spacial score (nSPS) is 20.4. The maximum absolute atomic E-state index is 10.1. The predicted octanol–water partition coefficient (Wildman–Crippen LogP) is 3.54. The molecule has 0 aromatic heterocycles. The minimum absolute atomic E-state index is 0.00771. The number of likely N-dealkylation sites (N-methyl/N-ethyl adjacent to an activating group) is 1. The van der Waals surface area contributed by atoms with Gasteiger partial charge in [-0.2, -0.15) is 0 Å². The Morgan fingerprint density at radius 3 is 2.52 bits per heavy atom. The second-order valence-electron chi connectivity index (χ2n) is 6.67. The van der Waals surface area contributed by atoms with Crippen molar-refractivity contribution in [3.63, 3.8) is 0 Å². The summed E-state index contributed by atoms with van der Waals surface area (Å²) >= 11 is 0. The summed E-state index contributed by atoms with van der Waals surface area (Å²) in [5.41, 5.74) is 1.10. The van der Waals surface area contributed by atoms with Crippen LogP contribution in [0.1, 0.15) is 25.5 Å². The van der Waals surface area contributed by atoms with Gasteiger partial charge in [0.15, 0.2) is 0 Å². The van der Waals surface area contributed by atoms with Gasteiger partial charge in [0.2, 0.25) is 0 Å². The largest absolute Gasteiger partial charge is 0.457 e. The zero-order valence-corrected chi connectivity index (χ0v) is 15.1. The van der Waals surface area contributed by atoms with E-state index >= 15 is 0 Å². The second kappa shape index (κ2) is 8.48. The fourth-order valence-corrected chi connectivity index (χ4v) is 3.61. The van der Waals surface area contributed by atoms with Crippen LogP contribution in [-0.4, -0.2) is 53.7 Å². The summed E-state index contributed by atoms with van der Waals surface area (Å²) in [6.07, 6.45) is 0. The minimum atomic E-state index is 0.00771. The van der Waals surface area contributed by atoms with Crippen LogP contribution in [0.4, 0.5) is 0 Å². The first kappa shape index (κ1) is 17.9. The van der Waals surface area contributed by atoms with E-state index in [0.29, 0.717) is 6.04 Å². The lowest BCUT2D eigenvalue weighted by Crippen LogP contribution is -2.53. The Hall–Kier alpha value is -1.88. The third kappa shape index (κ3) is 4.40. The van der Waals surface area contributed by atoms with E-state index in [2.05, 4.69) is 29.7 Å². The van der Waals surface area contributed by atoms with Gasteiger partial charge >= 0.3 is 0 Å². The molecule has 2 atom stereocenters. The monoisotopic (exact) mass is 340 g/mol. The fourth-order valence-electron chi connectivity index (χ4n) is 3.61. The van der Waals surface area contributed by atoms with Crippen LogP contribution in [0.25, 0.3) is 0 Å². The highest BCUT2D eigenvalue weighted by molar-refractivity contribution is 5.35. The summed E-state index contributed by atoms with van der Waals surface area (Å²) in [6, 6.07) is 18.3. The first-order valence-corrected chi connectivity index (χ1v) is 9.13. The smallest absolute Gasteiger partial charge is 0.127 e. The molecule has 2 aromatic carbocycles. The highest BCUT2D eigenvalue weighted by Crippen LogP contribution is 2.29. The Balaban J connectivity index is 1.76. The van der Waals surface area contributed by atoms with Crippen LogP contribution in [0.5, 0.6) is 11.5 Å². The average molecular weight is 340 g/mol. The highest BCUT2D eigenvalue weighted by Gasteiger charge is 2.29. The molecule has 0 saturated carbocycles. The number of nitrogens with zero attached hydrogens (tertiary/aromatic N) is 2. The van der Waals surface area contributed by atoms with Crippen LogP contribution in [0, 0.1) is 0 Å². The first-order valence-electron chi connectivity index (χ1n) is 9.13. The van der Waals surface area contributed by atoms with Crippen molar-refractivity contribution in [3.8, 4) is 11.5 Å². The van der Waals surface area contributed by atoms with Crippen LogP contribution in [0.3, 0.4) is 0 Å². The summed E-state index contributed by atoms with van der Waals surface area (Å²) in [5, 5.41) is 10.1.